The molecule has 0 saturated carbocycles. The van der Waals surface area contributed by atoms with Crippen molar-refractivity contribution in [1.82, 2.24) is 4.98 Å². The number of anilines is 1. The van der Waals surface area contributed by atoms with Gasteiger partial charge in [-0.2, -0.15) is 0 Å². The van der Waals surface area contributed by atoms with Crippen molar-refractivity contribution in [2.75, 3.05) is 11.6 Å². The number of nitrogens with zero attached hydrogens (tertiary/aromatic N) is 1. The van der Waals surface area contributed by atoms with Crippen LogP contribution in [0.15, 0.2) is 71.4 Å². The fraction of sp³-hybridized carbons (Fsp3) is 0.280. The number of carbonyl (C=O) groups is 1. The van der Waals surface area contributed by atoms with E-state index in [0.29, 0.717) is 12.2 Å². The number of aromatic nitrogens is 1. The van der Waals surface area contributed by atoms with E-state index in [0.717, 1.165) is 22.3 Å². The molecule has 1 aromatic heterocycles. The number of ketones is 1. The van der Waals surface area contributed by atoms with Crippen LogP contribution < -0.4 is 5.32 Å². The van der Waals surface area contributed by atoms with Gasteiger partial charge in [0.2, 0.25) is 0 Å². The number of nitrogens with one attached hydrogen (secondary N) is 1. The minimum absolute atomic E-state index is 0.00935. The van der Waals surface area contributed by atoms with Crippen LogP contribution >= 0.6 is 11.8 Å². The molecule has 2 aliphatic rings. The molecule has 0 bridgehead atoms. The van der Waals surface area contributed by atoms with E-state index in [9.17, 15) is 4.79 Å². The molecule has 0 fully saturated rings. The molecule has 2 heterocycles. The summed E-state index contributed by atoms with van der Waals surface area (Å²) in [6, 6.07) is 17.0. The van der Waals surface area contributed by atoms with Crippen molar-refractivity contribution in [2.24, 2.45) is 11.3 Å². The molecule has 2 atom stereocenters. The Kier molecular flexibility index (Phi) is 4.28. The predicted octanol–water partition coefficient (Wildman–Crippen LogP) is 6.01. The molecule has 1 N–H and O–H groups in total. The van der Waals surface area contributed by atoms with Crippen LogP contribution in [0.3, 0.4) is 0 Å². The molecule has 1 aliphatic carbocycles. The van der Waals surface area contributed by atoms with Crippen molar-refractivity contribution in [3.8, 4) is 0 Å². The Morgan fingerprint density at radius 2 is 1.86 bits per heavy atom. The van der Waals surface area contributed by atoms with E-state index in [2.05, 4.69) is 78.9 Å². The molecule has 1 aliphatic heterocycles. The minimum atomic E-state index is -0.179. The van der Waals surface area contributed by atoms with Crippen LogP contribution in [0, 0.1) is 11.3 Å². The van der Waals surface area contributed by atoms with Gasteiger partial charge in [-0.1, -0.05) is 38.1 Å². The highest BCUT2D eigenvalue weighted by Gasteiger charge is 2.44. The second-order valence-corrected chi connectivity index (χ2v) is 9.56. The van der Waals surface area contributed by atoms with Gasteiger partial charge in [-0.3, -0.25) is 9.78 Å². The lowest BCUT2D eigenvalue weighted by Gasteiger charge is -2.42. The van der Waals surface area contributed by atoms with Gasteiger partial charge in [0.1, 0.15) is 5.78 Å². The number of carbonyl (C=O) groups excluding carboxylic acids is 1. The summed E-state index contributed by atoms with van der Waals surface area (Å²) in [5.41, 5.74) is 5.33. The SMILES string of the molecule is CSc1ccc(C2c3c(ccc4ncccc34)NC3=CC(C)(C)CC(=O)C32)cc1. The summed E-state index contributed by atoms with van der Waals surface area (Å²) in [6.45, 7) is 4.27. The highest BCUT2D eigenvalue weighted by atomic mass is 32.2. The normalized spacial score (nSPS) is 22.4. The van der Waals surface area contributed by atoms with Crippen molar-refractivity contribution in [3.63, 3.8) is 0 Å². The molecular weight excluding hydrogens is 376 g/mol. The fourth-order valence-electron chi connectivity index (χ4n) is 4.89. The Morgan fingerprint density at radius 1 is 1.07 bits per heavy atom. The van der Waals surface area contributed by atoms with Crippen LogP contribution in [0.5, 0.6) is 0 Å². The molecule has 0 saturated heterocycles. The fourth-order valence-corrected chi connectivity index (χ4v) is 5.29. The second kappa shape index (κ2) is 6.74. The van der Waals surface area contributed by atoms with Gasteiger partial charge >= 0.3 is 0 Å². The smallest absolute Gasteiger partial charge is 0.143 e. The Balaban J connectivity index is 1.79. The van der Waals surface area contributed by atoms with Crippen molar-refractivity contribution in [3.05, 3.63) is 77.6 Å². The van der Waals surface area contributed by atoms with E-state index in [1.165, 1.54) is 16.0 Å². The molecule has 5 rings (SSSR count). The Hall–Kier alpha value is -2.59. The zero-order valence-corrected chi connectivity index (χ0v) is 17.7. The Morgan fingerprint density at radius 3 is 2.62 bits per heavy atom. The molecule has 2 unspecified atom stereocenters. The lowest BCUT2D eigenvalue weighted by atomic mass is 9.66. The topological polar surface area (TPSA) is 42.0 Å². The van der Waals surface area contributed by atoms with Gasteiger partial charge in [-0.25, -0.2) is 0 Å². The van der Waals surface area contributed by atoms with Gasteiger partial charge in [-0.05, 0) is 53.1 Å². The number of fused-ring (bicyclic) bond motifs is 4. The molecule has 3 nitrogen and oxygen atoms in total. The van der Waals surface area contributed by atoms with Gasteiger partial charge in [-0.15, -0.1) is 11.8 Å². The maximum Gasteiger partial charge on any atom is 0.143 e. The molecule has 3 aromatic rings. The summed E-state index contributed by atoms with van der Waals surface area (Å²) in [5, 5.41) is 4.73. The molecular formula is C25H24N2OS. The second-order valence-electron chi connectivity index (χ2n) is 8.68. The number of Topliss-reactive ketones (excluding diaryl/α,β-unsaturated/α-hetero) is 1. The number of thioether (sulfide) groups is 1. The van der Waals surface area contributed by atoms with Crippen molar-refractivity contribution in [2.45, 2.75) is 31.1 Å². The summed E-state index contributed by atoms with van der Waals surface area (Å²) in [4.78, 5) is 19.2. The number of pyridine rings is 1. The maximum atomic E-state index is 13.4. The Labute approximate surface area is 175 Å². The van der Waals surface area contributed by atoms with Crippen molar-refractivity contribution in [1.29, 1.82) is 0 Å². The zero-order chi connectivity index (χ0) is 20.2. The van der Waals surface area contributed by atoms with Crippen LogP contribution in [-0.2, 0) is 4.79 Å². The van der Waals surface area contributed by atoms with Gasteiger partial charge < -0.3 is 5.32 Å². The summed E-state index contributed by atoms with van der Waals surface area (Å²) in [6.07, 6.45) is 6.74. The van der Waals surface area contributed by atoms with E-state index in [4.69, 9.17) is 0 Å². The van der Waals surface area contributed by atoms with Gasteiger partial charge in [0.05, 0.1) is 11.4 Å². The number of hydrogen-bond donors (Lipinski definition) is 1. The number of allylic oxidation sites excluding steroid dienone is 2. The van der Waals surface area contributed by atoms with Crippen LogP contribution in [-0.4, -0.2) is 17.0 Å². The first-order valence-corrected chi connectivity index (χ1v) is 11.2. The largest absolute Gasteiger partial charge is 0.358 e. The van der Waals surface area contributed by atoms with Gasteiger partial charge in [0, 0.05) is 40.2 Å². The van der Waals surface area contributed by atoms with Crippen LogP contribution in [0.1, 0.15) is 37.3 Å². The third-order valence-electron chi connectivity index (χ3n) is 6.08. The first-order valence-electron chi connectivity index (χ1n) is 10.0. The number of benzene rings is 2. The van der Waals surface area contributed by atoms with E-state index in [-0.39, 0.29) is 17.3 Å². The number of hydrogen-bond acceptors (Lipinski definition) is 4. The average molecular weight is 401 g/mol. The number of rotatable bonds is 2. The summed E-state index contributed by atoms with van der Waals surface area (Å²) < 4.78 is 0. The third-order valence-corrected chi connectivity index (χ3v) is 6.83. The van der Waals surface area contributed by atoms with Crippen LogP contribution in [0.25, 0.3) is 10.9 Å². The highest BCUT2D eigenvalue weighted by Crippen LogP contribution is 2.51. The quantitative estimate of drug-likeness (QED) is 0.535. The van der Waals surface area contributed by atoms with E-state index in [1.54, 1.807) is 11.8 Å². The van der Waals surface area contributed by atoms with Gasteiger partial charge in [0.25, 0.3) is 0 Å². The van der Waals surface area contributed by atoms with Crippen LogP contribution in [0.2, 0.25) is 0 Å². The summed E-state index contributed by atoms with van der Waals surface area (Å²) in [5.74, 6) is 0.122. The molecule has 29 heavy (non-hydrogen) atoms. The van der Waals surface area contributed by atoms with Gasteiger partial charge in [0.15, 0.2) is 0 Å². The van der Waals surface area contributed by atoms with E-state index >= 15 is 0 Å². The molecule has 0 radical (unpaired) electrons. The first-order chi connectivity index (χ1) is 14.0. The molecule has 0 spiro atoms. The lowest BCUT2D eigenvalue weighted by Crippen LogP contribution is -2.39. The molecule has 4 heteroatoms. The van der Waals surface area contributed by atoms with Crippen molar-refractivity contribution < 1.29 is 4.79 Å². The molecule has 2 aromatic carbocycles. The molecule has 0 amide bonds. The monoisotopic (exact) mass is 400 g/mol. The predicted molar refractivity (Wildman–Crippen MR) is 120 cm³/mol. The summed E-state index contributed by atoms with van der Waals surface area (Å²) >= 11 is 1.73. The molecule has 146 valence electrons. The van der Waals surface area contributed by atoms with E-state index < -0.39 is 0 Å². The standard InChI is InChI=1S/C25H24N2OS/c1-25(2)13-20-24(21(28)14-25)22(15-6-8-16(29-3)9-7-15)23-17-5-4-12-26-18(17)10-11-19(23)27-20/h4-13,22,24,27H,14H2,1-3H3. The third kappa shape index (κ3) is 3.06. The minimum Gasteiger partial charge on any atom is -0.358 e. The first kappa shape index (κ1) is 18.4. The highest BCUT2D eigenvalue weighted by molar-refractivity contribution is 7.98. The van der Waals surface area contributed by atoms with Crippen molar-refractivity contribution >= 4 is 34.1 Å². The zero-order valence-electron chi connectivity index (χ0n) is 16.9. The van der Waals surface area contributed by atoms with Crippen LogP contribution in [0.4, 0.5) is 5.69 Å². The summed E-state index contributed by atoms with van der Waals surface area (Å²) in [7, 11) is 0. The lowest BCUT2D eigenvalue weighted by molar-refractivity contribution is -0.124. The van der Waals surface area contributed by atoms with E-state index in [1.807, 2.05) is 12.3 Å². The Bertz CT molecular complexity index is 1150. The maximum absolute atomic E-state index is 13.4. The average Bonchev–Trinajstić information content (AvgIpc) is 2.71.